The van der Waals surface area contributed by atoms with Gasteiger partial charge in [-0.05, 0) is 65.0 Å². The number of rotatable bonds is 4. The zero-order valence-electron chi connectivity index (χ0n) is 22.6. The predicted molar refractivity (Wildman–Crippen MR) is 162 cm³/mol. The molecule has 0 spiro atoms. The number of nitrogens with one attached hydrogen (secondary N) is 1. The first kappa shape index (κ1) is 25.2. The molecule has 2 heterocycles. The molecule has 3 aliphatic rings. The fraction of sp³-hybridized carbons (Fsp3) is 0.394. The summed E-state index contributed by atoms with van der Waals surface area (Å²) in [4.78, 5) is 27.9. The molecule has 1 aliphatic heterocycles. The maximum Gasteiger partial charge on any atom is 0.308 e. The second-order valence-corrected chi connectivity index (χ2v) is 14.7. The van der Waals surface area contributed by atoms with Gasteiger partial charge in [0.05, 0.1) is 5.03 Å². The van der Waals surface area contributed by atoms with Gasteiger partial charge in [0, 0.05) is 27.1 Å². The Morgan fingerprint density at radius 1 is 0.974 bits per heavy atom. The van der Waals surface area contributed by atoms with E-state index in [4.69, 9.17) is 0 Å². The molecular weight excluding hydrogens is 521 g/mol. The van der Waals surface area contributed by atoms with E-state index >= 15 is 0 Å². The van der Waals surface area contributed by atoms with Gasteiger partial charge in [0.25, 0.3) is 0 Å². The van der Waals surface area contributed by atoms with Gasteiger partial charge in [0.15, 0.2) is 0 Å². The molecule has 2 saturated carbocycles. The van der Waals surface area contributed by atoms with Crippen LogP contribution in [-0.4, -0.2) is 15.7 Å². The Morgan fingerprint density at radius 3 is 2.51 bits per heavy atom. The number of amides is 1. The third kappa shape index (κ3) is 4.27. The SMILES string of the molecule is CC(C)(C)c1ccc(C2c3sc(=O)n(CC(=O)Nc4cccc5ccccc45)c3SC3C4CCC(C4)C23)cc1. The number of carbonyl (C=O) groups excluding carboxylic acids is 1. The third-order valence-corrected chi connectivity index (χ3v) is 12.0. The summed E-state index contributed by atoms with van der Waals surface area (Å²) in [5.74, 6) is 2.08. The van der Waals surface area contributed by atoms with Crippen LogP contribution in [0.4, 0.5) is 5.69 Å². The molecule has 2 aliphatic carbocycles. The molecule has 4 nitrogen and oxygen atoms in total. The summed E-state index contributed by atoms with van der Waals surface area (Å²) in [6.45, 7) is 6.79. The zero-order valence-corrected chi connectivity index (χ0v) is 24.3. The lowest BCUT2D eigenvalue weighted by molar-refractivity contribution is -0.116. The molecule has 2 fully saturated rings. The quantitative estimate of drug-likeness (QED) is 0.282. The van der Waals surface area contributed by atoms with Crippen molar-refractivity contribution in [2.45, 2.75) is 68.2 Å². The van der Waals surface area contributed by atoms with Crippen molar-refractivity contribution in [2.75, 3.05) is 5.32 Å². The van der Waals surface area contributed by atoms with Gasteiger partial charge in [0.2, 0.25) is 5.91 Å². The molecule has 1 amide bonds. The molecule has 39 heavy (non-hydrogen) atoms. The molecular formula is C33H34N2O2S2. The molecule has 5 unspecified atom stereocenters. The fourth-order valence-electron chi connectivity index (χ4n) is 7.32. The number of aromatic nitrogens is 1. The highest BCUT2D eigenvalue weighted by Gasteiger charge is 2.55. The summed E-state index contributed by atoms with van der Waals surface area (Å²) in [7, 11) is 0. The Morgan fingerprint density at radius 2 is 1.72 bits per heavy atom. The number of benzene rings is 3. The van der Waals surface area contributed by atoms with E-state index in [1.165, 1.54) is 46.6 Å². The van der Waals surface area contributed by atoms with Gasteiger partial charge in [-0.3, -0.25) is 14.2 Å². The number of nitrogens with zero attached hydrogens (tertiary/aromatic N) is 1. The van der Waals surface area contributed by atoms with Crippen molar-refractivity contribution in [3.8, 4) is 0 Å². The summed E-state index contributed by atoms with van der Waals surface area (Å²) >= 11 is 3.25. The molecule has 2 bridgehead atoms. The molecule has 5 atom stereocenters. The van der Waals surface area contributed by atoms with Crippen molar-refractivity contribution >= 4 is 45.5 Å². The first-order valence-corrected chi connectivity index (χ1v) is 15.8. The number of fused-ring (bicyclic) bond motifs is 7. The van der Waals surface area contributed by atoms with E-state index in [0.29, 0.717) is 17.1 Å². The number of hydrogen-bond acceptors (Lipinski definition) is 4. The predicted octanol–water partition coefficient (Wildman–Crippen LogP) is 7.65. The molecule has 0 saturated heterocycles. The Kier molecular flexibility index (Phi) is 6.05. The smallest absolute Gasteiger partial charge is 0.308 e. The van der Waals surface area contributed by atoms with Crippen LogP contribution in [0.1, 0.15) is 62.0 Å². The summed E-state index contributed by atoms with van der Waals surface area (Å²) in [6.07, 6.45) is 3.90. The Labute approximate surface area is 237 Å². The third-order valence-electron chi connectivity index (χ3n) is 9.19. The highest BCUT2D eigenvalue weighted by atomic mass is 32.2. The molecule has 200 valence electrons. The van der Waals surface area contributed by atoms with E-state index < -0.39 is 0 Å². The monoisotopic (exact) mass is 554 g/mol. The first-order chi connectivity index (χ1) is 18.8. The van der Waals surface area contributed by atoms with E-state index in [1.807, 2.05) is 54.2 Å². The first-order valence-electron chi connectivity index (χ1n) is 14.1. The average molecular weight is 555 g/mol. The van der Waals surface area contributed by atoms with Crippen molar-refractivity contribution in [3.05, 3.63) is 92.4 Å². The minimum absolute atomic E-state index is 0.0239. The zero-order chi connectivity index (χ0) is 26.9. The van der Waals surface area contributed by atoms with Crippen molar-refractivity contribution in [1.29, 1.82) is 0 Å². The molecule has 4 aromatic rings. The van der Waals surface area contributed by atoms with Gasteiger partial charge in [-0.2, -0.15) is 0 Å². The maximum absolute atomic E-state index is 13.5. The number of thiazole rings is 1. The van der Waals surface area contributed by atoms with E-state index in [0.717, 1.165) is 27.4 Å². The second kappa shape index (κ2) is 9.38. The van der Waals surface area contributed by atoms with Crippen molar-refractivity contribution in [1.82, 2.24) is 4.57 Å². The van der Waals surface area contributed by atoms with E-state index in [1.54, 1.807) is 4.57 Å². The molecule has 0 radical (unpaired) electrons. The van der Waals surface area contributed by atoms with Crippen LogP contribution in [0, 0.1) is 17.8 Å². The Balaban J connectivity index is 1.24. The lowest BCUT2D eigenvalue weighted by Crippen LogP contribution is -2.35. The van der Waals surface area contributed by atoms with Gasteiger partial charge in [-0.25, -0.2) is 0 Å². The van der Waals surface area contributed by atoms with Crippen LogP contribution >= 0.6 is 23.1 Å². The minimum Gasteiger partial charge on any atom is -0.324 e. The molecule has 1 N–H and O–H groups in total. The normalized spacial score (nSPS) is 25.5. The molecule has 7 rings (SSSR count). The van der Waals surface area contributed by atoms with E-state index in [2.05, 4.69) is 50.4 Å². The lowest BCUT2D eigenvalue weighted by atomic mass is 9.74. The van der Waals surface area contributed by atoms with Gasteiger partial charge in [-0.1, -0.05) is 92.8 Å². The van der Waals surface area contributed by atoms with Crippen molar-refractivity contribution in [2.24, 2.45) is 17.8 Å². The van der Waals surface area contributed by atoms with E-state index in [-0.39, 0.29) is 28.7 Å². The summed E-state index contributed by atoms with van der Waals surface area (Å²) in [5, 5.41) is 6.72. The summed E-state index contributed by atoms with van der Waals surface area (Å²) < 4.78 is 1.75. The van der Waals surface area contributed by atoms with Gasteiger partial charge >= 0.3 is 4.87 Å². The number of anilines is 1. The van der Waals surface area contributed by atoms with Gasteiger partial charge in [0.1, 0.15) is 6.54 Å². The highest BCUT2D eigenvalue weighted by molar-refractivity contribution is 8.00. The number of hydrogen-bond donors (Lipinski definition) is 1. The average Bonchev–Trinajstić information content (AvgIpc) is 3.62. The summed E-state index contributed by atoms with van der Waals surface area (Å²) in [6, 6.07) is 23.1. The van der Waals surface area contributed by atoms with Gasteiger partial charge in [-0.15, -0.1) is 11.8 Å². The molecule has 1 aromatic heterocycles. The second-order valence-electron chi connectivity index (χ2n) is 12.5. The molecule has 6 heteroatoms. The minimum atomic E-state index is -0.157. The number of carbonyl (C=O) groups is 1. The lowest BCUT2D eigenvalue weighted by Gasteiger charge is -2.40. The van der Waals surface area contributed by atoms with Crippen LogP contribution in [0.2, 0.25) is 0 Å². The Bertz CT molecular complexity index is 1620. The van der Waals surface area contributed by atoms with Crippen LogP contribution in [0.15, 0.2) is 76.6 Å². The van der Waals surface area contributed by atoms with E-state index in [9.17, 15) is 9.59 Å². The highest BCUT2D eigenvalue weighted by Crippen LogP contribution is 2.64. The molecule has 3 aromatic carbocycles. The fourth-order valence-corrected chi connectivity index (χ4v) is 10.5. The van der Waals surface area contributed by atoms with Crippen molar-refractivity contribution in [3.63, 3.8) is 0 Å². The van der Waals surface area contributed by atoms with Crippen LogP contribution in [0.5, 0.6) is 0 Å². The number of thioether (sulfide) groups is 1. The largest absolute Gasteiger partial charge is 0.324 e. The standard InChI is InChI=1S/C33H34N2O2S2/c1-33(2,3)23-15-13-20(14-16-23)27-28-21-11-12-22(17-21)29(28)38-31-30(27)39-32(37)35(31)18-26(36)34-25-10-6-8-19-7-4-5-9-24(19)25/h4-10,13-16,21-22,27-29H,11-12,17-18H2,1-3H3,(H,34,36). The van der Waals surface area contributed by atoms with Gasteiger partial charge < -0.3 is 5.32 Å². The van der Waals surface area contributed by atoms with Crippen LogP contribution < -0.4 is 10.2 Å². The van der Waals surface area contributed by atoms with Crippen LogP contribution in [0.3, 0.4) is 0 Å². The maximum atomic E-state index is 13.5. The van der Waals surface area contributed by atoms with Crippen molar-refractivity contribution < 1.29 is 4.79 Å². The van der Waals surface area contributed by atoms with Crippen LogP contribution in [0.25, 0.3) is 10.8 Å². The Hall–Kier alpha value is -2.83. The van der Waals surface area contributed by atoms with Crippen LogP contribution in [-0.2, 0) is 16.8 Å². The summed E-state index contributed by atoms with van der Waals surface area (Å²) in [5.41, 5.74) is 3.54. The topological polar surface area (TPSA) is 51.1 Å².